The van der Waals surface area contributed by atoms with Gasteiger partial charge < -0.3 is 4.57 Å². The van der Waals surface area contributed by atoms with Gasteiger partial charge in [-0.15, -0.1) is 0 Å². The van der Waals surface area contributed by atoms with Crippen molar-refractivity contribution in [3.63, 3.8) is 0 Å². The highest BCUT2D eigenvalue weighted by Crippen LogP contribution is 2.47. The molecule has 0 amide bonds. The highest BCUT2D eigenvalue weighted by molar-refractivity contribution is 6.26. The minimum absolute atomic E-state index is 0.574. The first kappa shape index (κ1) is 28.9. The monoisotopic (exact) mass is 701 g/mol. The molecule has 0 saturated carbocycles. The van der Waals surface area contributed by atoms with Crippen LogP contribution in [0.2, 0.25) is 0 Å². The maximum Gasteiger partial charge on any atom is 0.237 e. The van der Waals surface area contributed by atoms with E-state index < -0.39 is 0 Å². The first-order chi connectivity index (χ1) is 27.3. The molecule has 0 N–H and O–H groups in total. The lowest BCUT2D eigenvalue weighted by molar-refractivity contribution is 0.976. The van der Waals surface area contributed by atoms with Gasteiger partial charge in [0, 0.05) is 49.1 Å². The molecule has 5 heterocycles. The van der Waals surface area contributed by atoms with Gasteiger partial charge in [0.15, 0.2) is 5.65 Å². The standard InChI is InChI=1S/C48H27N7/c1-2-14-28(15-3-1)53-36-22-10-8-18-31(36)34-26-27-40-41(45(34)53)35-21-9-13-25-39(35)55(40)48-50-44-33-20-5-4-19-32(33)43-42(44)46(52-48)51-47(49-43)54-37-23-11-6-16-29(37)30-17-7-12-24-38(30)54/h1-27H. The Labute approximate surface area is 313 Å². The van der Waals surface area contributed by atoms with Gasteiger partial charge in [0.05, 0.1) is 49.9 Å². The smallest absolute Gasteiger partial charge is 0.237 e. The summed E-state index contributed by atoms with van der Waals surface area (Å²) in [5.41, 5.74) is 12.0. The van der Waals surface area contributed by atoms with Crippen LogP contribution >= 0.6 is 0 Å². The normalized spacial score (nSPS) is 12.4. The van der Waals surface area contributed by atoms with Gasteiger partial charge in [-0.3, -0.25) is 9.13 Å². The van der Waals surface area contributed by atoms with E-state index in [1.54, 1.807) is 0 Å². The van der Waals surface area contributed by atoms with Crippen LogP contribution in [0.3, 0.4) is 0 Å². The van der Waals surface area contributed by atoms with Crippen LogP contribution in [0.25, 0.3) is 117 Å². The van der Waals surface area contributed by atoms with E-state index in [-0.39, 0.29) is 0 Å². The number of hydrogen-bond acceptors (Lipinski definition) is 4. The largest absolute Gasteiger partial charge is 0.309 e. The number of fused-ring (bicyclic) bond motifs is 13. The quantitative estimate of drug-likeness (QED) is 0.184. The molecule has 5 aromatic heterocycles. The van der Waals surface area contributed by atoms with Gasteiger partial charge in [0.2, 0.25) is 11.9 Å². The highest BCUT2D eigenvalue weighted by atomic mass is 15.2. The van der Waals surface area contributed by atoms with Crippen LogP contribution in [-0.4, -0.2) is 33.6 Å². The van der Waals surface area contributed by atoms with E-state index in [0.717, 1.165) is 82.7 Å². The number of benzene rings is 7. The molecule has 7 heteroatoms. The fraction of sp³-hybridized carbons (Fsp3) is 0. The Morgan fingerprint density at radius 3 is 1.36 bits per heavy atom. The third kappa shape index (κ3) is 3.73. The van der Waals surface area contributed by atoms with E-state index in [2.05, 4.69) is 177 Å². The molecule has 1 aliphatic rings. The first-order valence-corrected chi connectivity index (χ1v) is 18.5. The molecule has 7 nitrogen and oxygen atoms in total. The van der Waals surface area contributed by atoms with Crippen molar-refractivity contribution in [2.45, 2.75) is 0 Å². The van der Waals surface area contributed by atoms with Crippen molar-refractivity contribution in [3.8, 4) is 40.1 Å². The molecule has 0 unspecified atom stereocenters. The maximum absolute atomic E-state index is 5.41. The van der Waals surface area contributed by atoms with Crippen molar-refractivity contribution in [2.75, 3.05) is 0 Å². The molecule has 0 radical (unpaired) electrons. The molecule has 1 aliphatic carbocycles. The first-order valence-electron chi connectivity index (χ1n) is 18.5. The van der Waals surface area contributed by atoms with Gasteiger partial charge in [0.25, 0.3) is 0 Å². The number of para-hydroxylation sites is 5. The van der Waals surface area contributed by atoms with Crippen molar-refractivity contribution in [1.29, 1.82) is 0 Å². The molecule has 0 aliphatic heterocycles. The number of nitrogens with zero attached hydrogens (tertiary/aromatic N) is 7. The third-order valence-electron chi connectivity index (χ3n) is 11.4. The Hall–Kier alpha value is -7.64. The summed E-state index contributed by atoms with van der Waals surface area (Å²) in [6, 6.07) is 57.7. The Balaban J connectivity index is 1.16. The van der Waals surface area contributed by atoms with Gasteiger partial charge in [-0.25, -0.2) is 9.97 Å². The van der Waals surface area contributed by atoms with Crippen molar-refractivity contribution in [1.82, 2.24) is 33.6 Å². The molecule has 7 aromatic carbocycles. The second kappa shape index (κ2) is 10.5. The highest BCUT2D eigenvalue weighted by Gasteiger charge is 2.30. The minimum atomic E-state index is 0.574. The van der Waals surface area contributed by atoms with Crippen LogP contribution in [-0.2, 0) is 0 Å². The predicted molar refractivity (Wildman–Crippen MR) is 223 cm³/mol. The van der Waals surface area contributed by atoms with Crippen molar-refractivity contribution in [3.05, 3.63) is 164 Å². The lowest BCUT2D eigenvalue weighted by atomic mass is 10.1. The summed E-state index contributed by atoms with van der Waals surface area (Å²) in [6.07, 6.45) is 0. The number of aromatic nitrogens is 7. The Morgan fingerprint density at radius 2 is 0.764 bits per heavy atom. The molecule has 13 rings (SSSR count). The summed E-state index contributed by atoms with van der Waals surface area (Å²) in [4.78, 5) is 21.4. The number of rotatable bonds is 3. The topological polar surface area (TPSA) is 66.3 Å². The zero-order valence-corrected chi connectivity index (χ0v) is 29.2. The van der Waals surface area contributed by atoms with Gasteiger partial charge >= 0.3 is 0 Å². The second-order valence-corrected chi connectivity index (χ2v) is 14.3. The van der Waals surface area contributed by atoms with Crippen molar-refractivity contribution < 1.29 is 0 Å². The Bertz CT molecular complexity index is 3550. The molecule has 0 bridgehead atoms. The van der Waals surface area contributed by atoms with Crippen LogP contribution < -0.4 is 0 Å². The van der Waals surface area contributed by atoms with Gasteiger partial charge in [-0.2, -0.15) is 9.97 Å². The molecule has 0 atom stereocenters. The zero-order chi connectivity index (χ0) is 35.8. The van der Waals surface area contributed by atoms with E-state index in [0.29, 0.717) is 17.5 Å². The lowest BCUT2D eigenvalue weighted by Crippen LogP contribution is -2.06. The summed E-state index contributed by atoms with van der Waals surface area (Å²) in [7, 11) is 0. The maximum atomic E-state index is 5.41. The van der Waals surface area contributed by atoms with E-state index in [1.165, 1.54) is 16.3 Å². The van der Waals surface area contributed by atoms with Gasteiger partial charge in [-0.05, 0) is 42.5 Å². The molecule has 12 aromatic rings. The Kier molecular flexibility index (Phi) is 5.51. The van der Waals surface area contributed by atoms with Crippen LogP contribution in [0.1, 0.15) is 0 Å². The molecule has 0 spiro atoms. The van der Waals surface area contributed by atoms with Crippen LogP contribution in [0.15, 0.2) is 164 Å². The fourth-order valence-electron chi connectivity index (χ4n) is 9.21. The second-order valence-electron chi connectivity index (χ2n) is 14.3. The van der Waals surface area contributed by atoms with Gasteiger partial charge in [-0.1, -0.05) is 121 Å². The molecular formula is C48H27N7. The summed E-state index contributed by atoms with van der Waals surface area (Å²) >= 11 is 0. The summed E-state index contributed by atoms with van der Waals surface area (Å²) < 4.78 is 6.79. The third-order valence-corrected chi connectivity index (χ3v) is 11.4. The van der Waals surface area contributed by atoms with Crippen molar-refractivity contribution >= 4 is 76.5 Å². The van der Waals surface area contributed by atoms with Gasteiger partial charge in [0.1, 0.15) is 0 Å². The molecule has 0 fully saturated rings. The van der Waals surface area contributed by atoms with E-state index in [9.17, 15) is 0 Å². The summed E-state index contributed by atoms with van der Waals surface area (Å²) in [6.45, 7) is 0. The SMILES string of the molecule is c1ccc(-n2c3ccccc3c3ccc4c(c5ccccc5n4-c4nc5c6c(nc(-n7c8ccccc8c8ccccc87)nc6n4)-c4ccccc4-5)c32)cc1. The molecule has 55 heavy (non-hydrogen) atoms. The fourth-order valence-corrected chi connectivity index (χ4v) is 9.21. The Morgan fingerprint density at radius 1 is 0.309 bits per heavy atom. The molecule has 0 saturated heterocycles. The summed E-state index contributed by atoms with van der Waals surface area (Å²) in [5.74, 6) is 1.16. The lowest BCUT2D eigenvalue weighted by Gasteiger charge is -2.11. The molecule has 254 valence electrons. The van der Waals surface area contributed by atoms with Crippen LogP contribution in [0.4, 0.5) is 0 Å². The summed E-state index contributed by atoms with van der Waals surface area (Å²) in [5, 5.41) is 7.91. The average Bonchev–Trinajstić information content (AvgIpc) is 3.97. The van der Waals surface area contributed by atoms with E-state index >= 15 is 0 Å². The molecular weight excluding hydrogens is 675 g/mol. The van der Waals surface area contributed by atoms with Crippen molar-refractivity contribution in [2.24, 2.45) is 0 Å². The van der Waals surface area contributed by atoms with E-state index in [1.807, 2.05) is 0 Å². The predicted octanol–water partition coefficient (Wildman–Crippen LogP) is 11.4. The zero-order valence-electron chi connectivity index (χ0n) is 29.2. The van der Waals surface area contributed by atoms with E-state index in [4.69, 9.17) is 19.9 Å². The van der Waals surface area contributed by atoms with Crippen LogP contribution in [0, 0.1) is 0 Å². The van der Waals surface area contributed by atoms with Crippen LogP contribution in [0.5, 0.6) is 0 Å². The number of hydrogen-bond donors (Lipinski definition) is 0. The minimum Gasteiger partial charge on any atom is -0.309 e. The average molecular weight is 702 g/mol.